The lowest BCUT2D eigenvalue weighted by Gasteiger charge is -2.28. The fraction of sp³-hybridized carbons (Fsp3) is 0.222. The summed E-state index contributed by atoms with van der Waals surface area (Å²) in [6.45, 7) is 0.297. The average Bonchev–Trinajstić information content (AvgIpc) is 2.58. The standard InChI is InChI=1S/C18H16BrNO3/c19-16-10-11-17(21)20(18(16)22)12-13-6-8-15(9-7-13)23-14-4-2-1-3-5-14/h1-9,16H,10-12H2. The molecule has 0 aromatic heterocycles. The molecule has 2 aromatic rings. The van der Waals surface area contributed by atoms with Gasteiger partial charge in [-0.3, -0.25) is 14.5 Å². The Bertz CT molecular complexity index is 700. The lowest BCUT2D eigenvalue weighted by Crippen LogP contribution is -2.44. The summed E-state index contributed by atoms with van der Waals surface area (Å²) in [5.41, 5.74) is 0.897. The van der Waals surface area contributed by atoms with Crippen molar-refractivity contribution < 1.29 is 14.3 Å². The van der Waals surface area contributed by atoms with Crippen molar-refractivity contribution in [3.63, 3.8) is 0 Å². The number of benzene rings is 2. The predicted molar refractivity (Wildman–Crippen MR) is 90.5 cm³/mol. The first kappa shape index (κ1) is 15.7. The summed E-state index contributed by atoms with van der Waals surface area (Å²) in [5, 5.41) is 0. The van der Waals surface area contributed by atoms with E-state index < -0.39 is 0 Å². The third-order valence-corrected chi connectivity index (χ3v) is 4.54. The highest BCUT2D eigenvalue weighted by molar-refractivity contribution is 9.10. The number of likely N-dealkylation sites (tertiary alicyclic amines) is 1. The van der Waals surface area contributed by atoms with Crippen LogP contribution in [-0.4, -0.2) is 21.5 Å². The summed E-state index contributed by atoms with van der Waals surface area (Å²) >= 11 is 3.32. The van der Waals surface area contributed by atoms with Gasteiger partial charge in [-0.25, -0.2) is 0 Å². The first-order valence-corrected chi connectivity index (χ1v) is 8.35. The molecule has 1 heterocycles. The molecule has 1 fully saturated rings. The van der Waals surface area contributed by atoms with Crippen LogP contribution in [0, 0.1) is 0 Å². The van der Waals surface area contributed by atoms with E-state index in [4.69, 9.17) is 4.74 Å². The molecular weight excluding hydrogens is 358 g/mol. The van der Waals surface area contributed by atoms with Gasteiger partial charge in [0.25, 0.3) is 0 Å². The number of para-hydroxylation sites is 1. The lowest BCUT2D eigenvalue weighted by atomic mass is 10.1. The predicted octanol–water partition coefficient (Wildman–Crippen LogP) is 3.89. The Hall–Kier alpha value is -2.14. The monoisotopic (exact) mass is 373 g/mol. The summed E-state index contributed by atoms with van der Waals surface area (Å²) in [6.07, 6.45) is 0.967. The minimum absolute atomic E-state index is 0.115. The summed E-state index contributed by atoms with van der Waals surface area (Å²) in [7, 11) is 0. The van der Waals surface area contributed by atoms with Gasteiger partial charge in [0, 0.05) is 6.42 Å². The van der Waals surface area contributed by atoms with Gasteiger partial charge in [-0.15, -0.1) is 0 Å². The summed E-state index contributed by atoms with van der Waals surface area (Å²) in [6, 6.07) is 16.9. The number of carbonyl (C=O) groups excluding carboxylic acids is 2. The number of imide groups is 1. The Morgan fingerprint density at radius 3 is 2.35 bits per heavy atom. The second-order valence-corrected chi connectivity index (χ2v) is 6.49. The zero-order chi connectivity index (χ0) is 16.2. The van der Waals surface area contributed by atoms with Crippen molar-refractivity contribution in [2.45, 2.75) is 24.2 Å². The van der Waals surface area contributed by atoms with E-state index in [0.717, 1.165) is 17.1 Å². The van der Waals surface area contributed by atoms with Gasteiger partial charge in [0.2, 0.25) is 11.8 Å². The van der Waals surface area contributed by atoms with Crippen molar-refractivity contribution >= 4 is 27.7 Å². The Morgan fingerprint density at radius 2 is 1.65 bits per heavy atom. The van der Waals surface area contributed by atoms with Crippen molar-refractivity contribution in [1.82, 2.24) is 4.90 Å². The molecule has 1 unspecified atom stereocenters. The highest BCUT2D eigenvalue weighted by Crippen LogP contribution is 2.24. The minimum atomic E-state index is -0.263. The maximum absolute atomic E-state index is 12.1. The molecule has 1 aliphatic heterocycles. The van der Waals surface area contributed by atoms with Gasteiger partial charge in [-0.2, -0.15) is 0 Å². The number of piperidine rings is 1. The summed E-state index contributed by atoms with van der Waals surface area (Å²) in [4.78, 5) is 25.1. The van der Waals surface area contributed by atoms with Crippen molar-refractivity contribution in [3.05, 3.63) is 60.2 Å². The van der Waals surface area contributed by atoms with Crippen LogP contribution in [0.5, 0.6) is 11.5 Å². The Morgan fingerprint density at radius 1 is 1.00 bits per heavy atom. The number of amides is 2. The van der Waals surface area contributed by atoms with Crippen molar-refractivity contribution in [3.8, 4) is 11.5 Å². The molecule has 1 aliphatic rings. The first-order chi connectivity index (χ1) is 11.1. The van der Waals surface area contributed by atoms with Gasteiger partial charge in [-0.05, 0) is 36.2 Å². The van der Waals surface area contributed by atoms with E-state index in [-0.39, 0.29) is 16.6 Å². The fourth-order valence-electron chi connectivity index (χ4n) is 2.44. The van der Waals surface area contributed by atoms with E-state index >= 15 is 0 Å². The molecule has 118 valence electrons. The number of alkyl halides is 1. The van der Waals surface area contributed by atoms with Gasteiger partial charge in [0.1, 0.15) is 11.5 Å². The Kier molecular flexibility index (Phi) is 4.76. The number of halogens is 1. The molecule has 0 spiro atoms. The van der Waals surface area contributed by atoms with E-state index in [1.54, 1.807) is 0 Å². The van der Waals surface area contributed by atoms with Crippen LogP contribution in [-0.2, 0) is 16.1 Å². The Balaban J connectivity index is 1.67. The third-order valence-electron chi connectivity index (χ3n) is 3.69. The van der Waals surface area contributed by atoms with Crippen LogP contribution in [0.1, 0.15) is 18.4 Å². The number of rotatable bonds is 4. The second-order valence-electron chi connectivity index (χ2n) is 5.38. The molecule has 1 saturated heterocycles. The highest BCUT2D eigenvalue weighted by Gasteiger charge is 2.32. The molecule has 1 atom stereocenters. The smallest absolute Gasteiger partial charge is 0.243 e. The van der Waals surface area contributed by atoms with E-state index in [9.17, 15) is 9.59 Å². The van der Waals surface area contributed by atoms with E-state index in [1.165, 1.54) is 4.90 Å². The zero-order valence-electron chi connectivity index (χ0n) is 12.4. The summed E-state index contributed by atoms with van der Waals surface area (Å²) < 4.78 is 5.73. The fourth-order valence-corrected chi connectivity index (χ4v) is 2.91. The normalized spacial score (nSPS) is 18.1. The van der Waals surface area contributed by atoms with Crippen LogP contribution in [0.4, 0.5) is 0 Å². The van der Waals surface area contributed by atoms with E-state index in [0.29, 0.717) is 19.4 Å². The van der Waals surface area contributed by atoms with Crippen LogP contribution in [0.25, 0.3) is 0 Å². The number of ether oxygens (including phenoxy) is 1. The number of nitrogens with zero attached hydrogens (tertiary/aromatic N) is 1. The van der Waals surface area contributed by atoms with Crippen LogP contribution >= 0.6 is 15.9 Å². The second kappa shape index (κ2) is 6.96. The van der Waals surface area contributed by atoms with Crippen LogP contribution in [0.3, 0.4) is 0 Å². The van der Waals surface area contributed by atoms with Crippen LogP contribution < -0.4 is 4.74 Å². The van der Waals surface area contributed by atoms with Gasteiger partial charge in [0.15, 0.2) is 0 Å². The molecule has 2 aromatic carbocycles. The molecule has 0 radical (unpaired) electrons. The SMILES string of the molecule is O=C1CCC(Br)C(=O)N1Cc1ccc(Oc2ccccc2)cc1. The molecule has 0 saturated carbocycles. The average molecular weight is 374 g/mol. The van der Waals surface area contributed by atoms with E-state index in [1.807, 2.05) is 54.6 Å². The molecular formula is C18H16BrNO3. The molecule has 0 N–H and O–H groups in total. The quantitative estimate of drug-likeness (QED) is 0.603. The van der Waals surface area contributed by atoms with Crippen LogP contribution in [0.2, 0.25) is 0 Å². The van der Waals surface area contributed by atoms with Crippen molar-refractivity contribution in [2.75, 3.05) is 0 Å². The first-order valence-electron chi connectivity index (χ1n) is 7.43. The van der Waals surface area contributed by atoms with Gasteiger partial charge >= 0.3 is 0 Å². The molecule has 3 rings (SSSR count). The minimum Gasteiger partial charge on any atom is -0.457 e. The number of hydrogen-bond donors (Lipinski definition) is 0. The molecule has 0 aliphatic carbocycles. The van der Waals surface area contributed by atoms with Gasteiger partial charge in [0.05, 0.1) is 11.4 Å². The highest BCUT2D eigenvalue weighted by atomic mass is 79.9. The number of carbonyl (C=O) groups is 2. The van der Waals surface area contributed by atoms with E-state index in [2.05, 4.69) is 15.9 Å². The maximum Gasteiger partial charge on any atom is 0.243 e. The molecule has 2 amide bonds. The lowest BCUT2D eigenvalue weighted by molar-refractivity contribution is -0.148. The van der Waals surface area contributed by atoms with Gasteiger partial charge in [-0.1, -0.05) is 46.3 Å². The molecule has 23 heavy (non-hydrogen) atoms. The van der Waals surface area contributed by atoms with Crippen molar-refractivity contribution in [1.29, 1.82) is 0 Å². The maximum atomic E-state index is 12.1. The molecule has 0 bridgehead atoms. The Labute approximate surface area is 143 Å². The largest absolute Gasteiger partial charge is 0.457 e. The van der Waals surface area contributed by atoms with Crippen molar-refractivity contribution in [2.24, 2.45) is 0 Å². The molecule has 4 nitrogen and oxygen atoms in total. The molecule has 5 heteroatoms. The van der Waals surface area contributed by atoms with Gasteiger partial charge < -0.3 is 4.74 Å². The summed E-state index contributed by atoms with van der Waals surface area (Å²) in [5.74, 6) is 1.21. The zero-order valence-corrected chi connectivity index (χ0v) is 14.0. The third kappa shape index (κ3) is 3.79. The number of hydrogen-bond acceptors (Lipinski definition) is 3. The topological polar surface area (TPSA) is 46.6 Å². The van der Waals surface area contributed by atoms with Crippen LogP contribution in [0.15, 0.2) is 54.6 Å².